The monoisotopic (exact) mass is 683 g/mol. The number of furan rings is 2. The Labute approximate surface area is 303 Å². The average molecular weight is 684 g/mol. The smallest absolute Gasteiger partial charge is 0.159 e. The normalized spacial score (nSPS) is 11.8. The second kappa shape index (κ2) is 11.5. The lowest BCUT2D eigenvalue weighted by Gasteiger charge is -2.26. The molecule has 0 aliphatic heterocycles. The number of nitrogens with zero attached hydrogens (tertiary/aromatic N) is 1. The minimum Gasteiger partial charge on any atom is -0.454 e. The number of fused-ring (bicyclic) bond motifs is 9. The first-order valence-electron chi connectivity index (χ1n) is 17.5. The SMILES string of the molecule is c1ccc(-c2cccc3c2sc2c(N(c4cccc5c4oc4ccccc45)c4cccc5c4oc4cccc(-c6ccccc6)c45)cccc23)cc1. The molecule has 0 atom stereocenters. The molecule has 11 aromatic rings. The molecule has 4 heteroatoms. The number of hydrogen-bond donors (Lipinski definition) is 0. The van der Waals surface area contributed by atoms with Gasteiger partial charge in [-0.25, -0.2) is 0 Å². The molecular formula is C48H29NO2S. The molecule has 3 heterocycles. The molecule has 11 rings (SSSR count). The minimum atomic E-state index is 0.831. The molecular weight excluding hydrogens is 655 g/mol. The van der Waals surface area contributed by atoms with Crippen molar-refractivity contribution >= 4 is 92.4 Å². The topological polar surface area (TPSA) is 29.5 Å². The van der Waals surface area contributed by atoms with Crippen LogP contribution in [0.3, 0.4) is 0 Å². The van der Waals surface area contributed by atoms with Crippen LogP contribution in [0.5, 0.6) is 0 Å². The predicted octanol–water partition coefficient (Wildman–Crippen LogP) is 14.7. The van der Waals surface area contributed by atoms with Gasteiger partial charge < -0.3 is 13.7 Å². The Morgan fingerprint density at radius 2 is 0.846 bits per heavy atom. The molecule has 0 saturated carbocycles. The van der Waals surface area contributed by atoms with E-state index in [1.54, 1.807) is 0 Å². The van der Waals surface area contributed by atoms with Crippen molar-refractivity contribution in [2.75, 3.05) is 4.90 Å². The maximum atomic E-state index is 6.92. The predicted molar refractivity (Wildman–Crippen MR) is 219 cm³/mol. The van der Waals surface area contributed by atoms with Crippen LogP contribution in [-0.2, 0) is 0 Å². The fourth-order valence-electron chi connectivity index (χ4n) is 7.99. The average Bonchev–Trinajstić information content (AvgIpc) is 3.91. The summed E-state index contributed by atoms with van der Waals surface area (Å²) in [5.74, 6) is 0. The lowest BCUT2D eigenvalue weighted by atomic mass is 9.99. The second-order valence-electron chi connectivity index (χ2n) is 13.2. The van der Waals surface area contributed by atoms with Crippen molar-refractivity contribution in [1.29, 1.82) is 0 Å². The molecule has 0 bridgehead atoms. The Balaban J connectivity index is 1.24. The highest BCUT2D eigenvalue weighted by Crippen LogP contribution is 2.51. The van der Waals surface area contributed by atoms with Crippen molar-refractivity contribution in [2.45, 2.75) is 0 Å². The molecule has 0 unspecified atom stereocenters. The van der Waals surface area contributed by atoms with E-state index in [-0.39, 0.29) is 0 Å². The van der Waals surface area contributed by atoms with E-state index in [2.05, 4.69) is 169 Å². The molecule has 0 spiro atoms. The summed E-state index contributed by atoms with van der Waals surface area (Å²) >= 11 is 1.85. The highest BCUT2D eigenvalue weighted by Gasteiger charge is 2.26. The molecule has 0 fully saturated rings. The van der Waals surface area contributed by atoms with Gasteiger partial charge in [0.1, 0.15) is 11.2 Å². The summed E-state index contributed by atoms with van der Waals surface area (Å²) in [6.45, 7) is 0. The van der Waals surface area contributed by atoms with Crippen LogP contribution in [-0.4, -0.2) is 0 Å². The summed E-state index contributed by atoms with van der Waals surface area (Å²) in [6.07, 6.45) is 0. The second-order valence-corrected chi connectivity index (χ2v) is 14.2. The number of hydrogen-bond acceptors (Lipinski definition) is 4. The first-order chi connectivity index (χ1) is 25.8. The molecule has 244 valence electrons. The Kier molecular flexibility index (Phi) is 6.42. The zero-order chi connectivity index (χ0) is 34.2. The van der Waals surface area contributed by atoms with E-state index in [1.807, 2.05) is 23.5 Å². The number of rotatable bonds is 5. The maximum Gasteiger partial charge on any atom is 0.159 e. The molecule has 0 N–H and O–H groups in total. The van der Waals surface area contributed by atoms with Gasteiger partial charge in [0.2, 0.25) is 0 Å². The minimum absolute atomic E-state index is 0.831. The molecule has 3 nitrogen and oxygen atoms in total. The Hall–Kier alpha value is -6.62. The zero-order valence-corrected chi connectivity index (χ0v) is 28.7. The van der Waals surface area contributed by atoms with Crippen molar-refractivity contribution in [1.82, 2.24) is 0 Å². The molecule has 0 radical (unpaired) electrons. The third-order valence-electron chi connectivity index (χ3n) is 10.3. The lowest BCUT2D eigenvalue weighted by Crippen LogP contribution is -2.10. The zero-order valence-electron chi connectivity index (χ0n) is 27.9. The van der Waals surface area contributed by atoms with Crippen molar-refractivity contribution < 1.29 is 8.83 Å². The van der Waals surface area contributed by atoms with Crippen LogP contribution in [0.15, 0.2) is 185 Å². The van der Waals surface area contributed by atoms with Gasteiger partial charge in [0.25, 0.3) is 0 Å². The summed E-state index contributed by atoms with van der Waals surface area (Å²) in [7, 11) is 0. The largest absolute Gasteiger partial charge is 0.454 e. The maximum absolute atomic E-state index is 6.92. The molecule has 3 aromatic heterocycles. The fourth-order valence-corrected chi connectivity index (χ4v) is 9.33. The van der Waals surface area contributed by atoms with Gasteiger partial charge in [0, 0.05) is 37.0 Å². The Bertz CT molecular complexity index is 3120. The summed E-state index contributed by atoms with van der Waals surface area (Å²) < 4.78 is 16.1. The van der Waals surface area contributed by atoms with E-state index in [9.17, 15) is 0 Å². The summed E-state index contributed by atoms with van der Waals surface area (Å²) in [6, 6.07) is 62.2. The van der Waals surface area contributed by atoms with E-state index >= 15 is 0 Å². The van der Waals surface area contributed by atoms with Crippen LogP contribution in [0.2, 0.25) is 0 Å². The van der Waals surface area contributed by atoms with Crippen molar-refractivity contribution in [2.24, 2.45) is 0 Å². The van der Waals surface area contributed by atoms with Crippen molar-refractivity contribution in [3.05, 3.63) is 176 Å². The van der Waals surface area contributed by atoms with E-state index in [1.165, 1.54) is 31.3 Å². The molecule has 0 amide bonds. The highest BCUT2D eigenvalue weighted by atomic mass is 32.1. The summed E-state index contributed by atoms with van der Waals surface area (Å²) in [5.41, 5.74) is 11.1. The van der Waals surface area contributed by atoms with Gasteiger partial charge in [0.15, 0.2) is 11.2 Å². The fraction of sp³-hybridized carbons (Fsp3) is 0. The number of benzene rings is 8. The van der Waals surface area contributed by atoms with Crippen LogP contribution >= 0.6 is 11.3 Å². The summed E-state index contributed by atoms with van der Waals surface area (Å²) in [5, 5.41) is 6.83. The van der Waals surface area contributed by atoms with Gasteiger partial charge in [-0.2, -0.15) is 0 Å². The van der Waals surface area contributed by atoms with Crippen molar-refractivity contribution in [3.8, 4) is 22.3 Å². The van der Waals surface area contributed by atoms with E-state index < -0.39 is 0 Å². The standard InChI is InChI=1S/C48H29NO2S/c1-3-14-30(15-4-1)32-19-13-29-43-44(32)38-24-12-26-40(46(38)51-43)49(39-25-10-21-35-34-18-7-8-28-42(34)50-45(35)39)41-27-11-23-37-36-22-9-20-33(47(36)52-48(37)41)31-16-5-2-6-17-31/h1-29H. The van der Waals surface area contributed by atoms with E-state index in [0.29, 0.717) is 0 Å². The molecule has 0 saturated heterocycles. The molecule has 8 aromatic carbocycles. The lowest BCUT2D eigenvalue weighted by molar-refractivity contribution is 0.666. The Morgan fingerprint density at radius 1 is 0.346 bits per heavy atom. The van der Waals surface area contributed by atoms with Crippen LogP contribution in [0.1, 0.15) is 0 Å². The van der Waals surface area contributed by atoms with Gasteiger partial charge in [-0.15, -0.1) is 11.3 Å². The summed E-state index contributed by atoms with van der Waals surface area (Å²) in [4.78, 5) is 2.36. The van der Waals surface area contributed by atoms with Gasteiger partial charge in [-0.05, 0) is 52.6 Å². The highest BCUT2D eigenvalue weighted by molar-refractivity contribution is 7.27. The third-order valence-corrected chi connectivity index (χ3v) is 11.6. The van der Waals surface area contributed by atoms with Gasteiger partial charge in [-0.3, -0.25) is 0 Å². The molecule has 0 aliphatic carbocycles. The van der Waals surface area contributed by atoms with Crippen molar-refractivity contribution in [3.63, 3.8) is 0 Å². The third kappa shape index (κ3) is 4.31. The van der Waals surface area contributed by atoms with E-state index in [4.69, 9.17) is 8.83 Å². The molecule has 52 heavy (non-hydrogen) atoms. The van der Waals surface area contributed by atoms with Crippen LogP contribution in [0.25, 0.3) is 86.3 Å². The number of para-hydroxylation sites is 3. The number of thiophene rings is 1. The van der Waals surface area contributed by atoms with E-state index in [0.717, 1.165) is 72.1 Å². The van der Waals surface area contributed by atoms with Gasteiger partial charge in [0.05, 0.1) is 21.8 Å². The first kappa shape index (κ1) is 29.1. The number of anilines is 3. The van der Waals surface area contributed by atoms with Crippen LogP contribution in [0, 0.1) is 0 Å². The van der Waals surface area contributed by atoms with Crippen LogP contribution < -0.4 is 4.90 Å². The van der Waals surface area contributed by atoms with Crippen LogP contribution in [0.4, 0.5) is 17.1 Å². The van der Waals surface area contributed by atoms with Gasteiger partial charge in [-0.1, -0.05) is 146 Å². The molecule has 0 aliphatic rings. The van der Waals surface area contributed by atoms with Gasteiger partial charge >= 0.3 is 0 Å². The quantitative estimate of drug-likeness (QED) is 0.181. The Morgan fingerprint density at radius 3 is 1.62 bits per heavy atom. The first-order valence-corrected chi connectivity index (χ1v) is 18.3.